The fraction of sp³-hybridized carbons (Fsp3) is 0.174. The molecular weight excluding hydrogens is 400 g/mol. The van der Waals surface area contributed by atoms with Crippen LogP contribution in [0.15, 0.2) is 83.8 Å². The Labute approximate surface area is 177 Å². The normalized spacial score (nSPS) is 12.1. The highest BCUT2D eigenvalue weighted by molar-refractivity contribution is 7.92. The SMILES string of the molecule is CCOc1ccc([C@@H](C)NC(=O)c2cccc(NS(=O)(=O)c3ccccc3)c2)cc1. The molecule has 0 unspecified atom stereocenters. The highest BCUT2D eigenvalue weighted by Gasteiger charge is 2.16. The van der Waals surface area contributed by atoms with Crippen LogP contribution in [-0.4, -0.2) is 20.9 Å². The summed E-state index contributed by atoms with van der Waals surface area (Å²) in [5.41, 5.74) is 1.62. The van der Waals surface area contributed by atoms with E-state index in [0.717, 1.165) is 11.3 Å². The Hall–Kier alpha value is -3.32. The van der Waals surface area contributed by atoms with Gasteiger partial charge in [0.05, 0.1) is 17.5 Å². The number of anilines is 1. The Bertz CT molecular complexity index is 1100. The van der Waals surface area contributed by atoms with Crippen LogP contribution in [0.2, 0.25) is 0 Å². The van der Waals surface area contributed by atoms with Gasteiger partial charge in [-0.3, -0.25) is 9.52 Å². The third-order valence-electron chi connectivity index (χ3n) is 4.47. The van der Waals surface area contributed by atoms with E-state index in [9.17, 15) is 13.2 Å². The molecular formula is C23H24N2O4S. The van der Waals surface area contributed by atoms with Crippen molar-refractivity contribution in [1.29, 1.82) is 0 Å². The standard InChI is InChI=1S/C23H24N2O4S/c1-3-29-21-14-12-18(13-15-21)17(2)24-23(26)19-8-7-9-20(16-19)25-30(27,28)22-10-5-4-6-11-22/h4-17,25H,3H2,1-2H3,(H,24,26)/t17-/m1/s1. The molecule has 0 bridgehead atoms. The van der Waals surface area contributed by atoms with E-state index in [2.05, 4.69) is 10.0 Å². The van der Waals surface area contributed by atoms with Gasteiger partial charge in [0, 0.05) is 11.3 Å². The summed E-state index contributed by atoms with van der Waals surface area (Å²) in [6.45, 7) is 4.40. The Morgan fingerprint density at radius 2 is 1.67 bits per heavy atom. The third kappa shape index (κ3) is 5.39. The molecule has 1 atom stereocenters. The number of amides is 1. The minimum absolute atomic E-state index is 0.156. The molecule has 0 aliphatic carbocycles. The van der Waals surface area contributed by atoms with E-state index in [1.165, 1.54) is 18.2 Å². The van der Waals surface area contributed by atoms with Gasteiger partial charge < -0.3 is 10.1 Å². The molecule has 0 spiro atoms. The molecule has 7 heteroatoms. The van der Waals surface area contributed by atoms with Crippen LogP contribution in [0.25, 0.3) is 0 Å². The molecule has 3 aromatic carbocycles. The quantitative estimate of drug-likeness (QED) is 0.562. The zero-order chi connectivity index (χ0) is 21.6. The number of benzene rings is 3. The maximum absolute atomic E-state index is 12.7. The van der Waals surface area contributed by atoms with Crippen molar-refractivity contribution in [2.75, 3.05) is 11.3 Å². The molecule has 0 aliphatic heterocycles. The van der Waals surface area contributed by atoms with E-state index in [1.54, 1.807) is 36.4 Å². The van der Waals surface area contributed by atoms with Gasteiger partial charge >= 0.3 is 0 Å². The van der Waals surface area contributed by atoms with Crippen molar-refractivity contribution in [3.05, 3.63) is 90.0 Å². The number of carbonyl (C=O) groups excluding carboxylic acids is 1. The van der Waals surface area contributed by atoms with E-state index >= 15 is 0 Å². The summed E-state index contributed by atoms with van der Waals surface area (Å²) in [6.07, 6.45) is 0. The number of nitrogens with one attached hydrogen (secondary N) is 2. The van der Waals surface area contributed by atoms with E-state index in [1.807, 2.05) is 38.1 Å². The average molecular weight is 425 g/mol. The zero-order valence-corrected chi connectivity index (χ0v) is 17.6. The van der Waals surface area contributed by atoms with Gasteiger partial charge in [0.1, 0.15) is 5.75 Å². The molecule has 0 aliphatic rings. The number of ether oxygens (including phenoxy) is 1. The van der Waals surface area contributed by atoms with Crippen molar-refractivity contribution in [1.82, 2.24) is 5.32 Å². The lowest BCUT2D eigenvalue weighted by atomic mass is 10.1. The minimum Gasteiger partial charge on any atom is -0.494 e. The molecule has 6 nitrogen and oxygen atoms in total. The van der Waals surface area contributed by atoms with Crippen LogP contribution in [-0.2, 0) is 10.0 Å². The summed E-state index contributed by atoms with van der Waals surface area (Å²) in [4.78, 5) is 12.8. The molecule has 3 rings (SSSR count). The van der Waals surface area contributed by atoms with Crippen LogP contribution >= 0.6 is 0 Å². The topological polar surface area (TPSA) is 84.5 Å². The monoisotopic (exact) mass is 424 g/mol. The van der Waals surface area contributed by atoms with Gasteiger partial charge in [0.15, 0.2) is 0 Å². The number of carbonyl (C=O) groups is 1. The largest absolute Gasteiger partial charge is 0.494 e. The fourth-order valence-corrected chi connectivity index (χ4v) is 3.99. The van der Waals surface area contributed by atoms with Crippen LogP contribution in [0.4, 0.5) is 5.69 Å². The lowest BCUT2D eigenvalue weighted by molar-refractivity contribution is 0.0940. The molecule has 0 aromatic heterocycles. The first kappa shape index (κ1) is 21.4. The van der Waals surface area contributed by atoms with Gasteiger partial charge in [-0.25, -0.2) is 8.42 Å². The molecule has 1 amide bonds. The molecule has 0 radical (unpaired) electrons. The Morgan fingerprint density at radius 3 is 2.33 bits per heavy atom. The molecule has 2 N–H and O–H groups in total. The van der Waals surface area contributed by atoms with Gasteiger partial charge in [-0.1, -0.05) is 36.4 Å². The second-order valence-corrected chi connectivity index (χ2v) is 8.38. The maximum atomic E-state index is 12.7. The predicted octanol–water partition coefficient (Wildman–Crippen LogP) is 4.38. The third-order valence-corrected chi connectivity index (χ3v) is 5.87. The van der Waals surface area contributed by atoms with Gasteiger partial charge in [0.25, 0.3) is 15.9 Å². The summed E-state index contributed by atoms with van der Waals surface area (Å²) in [6, 6.07) is 21.8. The van der Waals surface area contributed by atoms with Crippen molar-refractivity contribution < 1.29 is 17.9 Å². The summed E-state index contributed by atoms with van der Waals surface area (Å²) in [5.74, 6) is 0.482. The predicted molar refractivity (Wildman–Crippen MR) is 117 cm³/mol. The molecule has 0 saturated carbocycles. The molecule has 156 valence electrons. The first-order chi connectivity index (χ1) is 14.4. The number of hydrogen-bond donors (Lipinski definition) is 2. The van der Waals surface area contributed by atoms with E-state index in [0.29, 0.717) is 17.9 Å². The average Bonchev–Trinajstić information content (AvgIpc) is 2.75. The Balaban J connectivity index is 1.70. The van der Waals surface area contributed by atoms with Gasteiger partial charge in [0.2, 0.25) is 0 Å². The summed E-state index contributed by atoms with van der Waals surface area (Å²) in [7, 11) is -3.72. The molecule has 3 aromatic rings. The second kappa shape index (κ2) is 9.45. The van der Waals surface area contributed by atoms with Gasteiger partial charge in [-0.15, -0.1) is 0 Å². The minimum atomic E-state index is -3.72. The van der Waals surface area contributed by atoms with Crippen molar-refractivity contribution in [3.63, 3.8) is 0 Å². The zero-order valence-electron chi connectivity index (χ0n) is 16.8. The van der Waals surface area contributed by atoms with Crippen LogP contribution in [0.1, 0.15) is 35.8 Å². The van der Waals surface area contributed by atoms with Crippen molar-refractivity contribution in [2.24, 2.45) is 0 Å². The first-order valence-electron chi connectivity index (χ1n) is 9.60. The maximum Gasteiger partial charge on any atom is 0.261 e. The Morgan fingerprint density at radius 1 is 0.967 bits per heavy atom. The second-order valence-electron chi connectivity index (χ2n) is 6.70. The lowest BCUT2D eigenvalue weighted by Gasteiger charge is -2.16. The van der Waals surface area contributed by atoms with Gasteiger partial charge in [-0.05, 0) is 61.9 Å². The van der Waals surface area contributed by atoms with E-state index < -0.39 is 10.0 Å². The van der Waals surface area contributed by atoms with Crippen LogP contribution in [0.5, 0.6) is 5.75 Å². The highest BCUT2D eigenvalue weighted by atomic mass is 32.2. The lowest BCUT2D eigenvalue weighted by Crippen LogP contribution is -2.26. The van der Waals surface area contributed by atoms with Gasteiger partial charge in [-0.2, -0.15) is 0 Å². The van der Waals surface area contributed by atoms with Crippen LogP contribution in [0, 0.1) is 0 Å². The van der Waals surface area contributed by atoms with Crippen molar-refractivity contribution in [2.45, 2.75) is 24.8 Å². The van der Waals surface area contributed by atoms with Crippen molar-refractivity contribution >= 4 is 21.6 Å². The Kier molecular flexibility index (Phi) is 6.74. The smallest absolute Gasteiger partial charge is 0.261 e. The van der Waals surface area contributed by atoms with E-state index in [4.69, 9.17) is 4.74 Å². The van der Waals surface area contributed by atoms with Crippen LogP contribution in [0.3, 0.4) is 0 Å². The summed E-state index contributed by atoms with van der Waals surface area (Å²) >= 11 is 0. The number of hydrogen-bond acceptors (Lipinski definition) is 4. The molecule has 0 heterocycles. The molecule has 30 heavy (non-hydrogen) atoms. The molecule has 0 fully saturated rings. The summed E-state index contributed by atoms with van der Waals surface area (Å²) < 4.78 is 32.9. The first-order valence-corrected chi connectivity index (χ1v) is 11.1. The van der Waals surface area contributed by atoms with E-state index in [-0.39, 0.29) is 16.8 Å². The van der Waals surface area contributed by atoms with Crippen molar-refractivity contribution in [3.8, 4) is 5.75 Å². The fourth-order valence-electron chi connectivity index (χ4n) is 2.92. The summed E-state index contributed by atoms with van der Waals surface area (Å²) in [5, 5.41) is 2.93. The highest BCUT2D eigenvalue weighted by Crippen LogP contribution is 2.20. The number of sulfonamides is 1. The molecule has 0 saturated heterocycles. The van der Waals surface area contributed by atoms with Crippen LogP contribution < -0.4 is 14.8 Å². The number of rotatable bonds is 8.